The molecule has 2 aliphatic rings. The maximum Gasteiger partial charge on any atom is 0.220 e. The van der Waals surface area contributed by atoms with Crippen LogP contribution in [0.4, 0.5) is 11.6 Å². The monoisotopic (exact) mass is 413 g/mol. The number of rotatable bonds is 8. The van der Waals surface area contributed by atoms with E-state index in [1.165, 1.54) is 12.8 Å². The van der Waals surface area contributed by atoms with Crippen molar-refractivity contribution in [2.75, 3.05) is 23.3 Å². The van der Waals surface area contributed by atoms with Crippen LogP contribution in [-0.2, 0) is 11.3 Å². The first-order valence-electron chi connectivity index (χ1n) is 10.5. The van der Waals surface area contributed by atoms with Crippen molar-refractivity contribution in [2.24, 2.45) is 5.92 Å². The van der Waals surface area contributed by atoms with E-state index < -0.39 is 0 Å². The van der Waals surface area contributed by atoms with Gasteiger partial charge in [-0.1, -0.05) is 23.7 Å². The summed E-state index contributed by atoms with van der Waals surface area (Å²) in [6, 6.07) is 10.2. The van der Waals surface area contributed by atoms with Crippen LogP contribution in [0.1, 0.15) is 44.1 Å². The van der Waals surface area contributed by atoms with Gasteiger partial charge in [0.1, 0.15) is 18.0 Å². The molecule has 1 atom stereocenters. The number of nitrogens with one attached hydrogen (secondary N) is 2. The Morgan fingerprint density at radius 1 is 1.21 bits per heavy atom. The highest BCUT2D eigenvalue weighted by Crippen LogP contribution is 2.27. The van der Waals surface area contributed by atoms with Crippen LogP contribution < -0.4 is 15.5 Å². The molecule has 29 heavy (non-hydrogen) atoms. The maximum atomic E-state index is 12.3. The van der Waals surface area contributed by atoms with Crippen molar-refractivity contribution in [2.45, 2.75) is 51.1 Å². The van der Waals surface area contributed by atoms with Crippen molar-refractivity contribution in [3.8, 4) is 0 Å². The molecule has 1 saturated carbocycles. The molecular formula is C22H28ClN5O. The normalized spacial score (nSPS) is 19.1. The number of piperidine rings is 1. The molecule has 1 aromatic heterocycles. The molecule has 1 unspecified atom stereocenters. The average molecular weight is 414 g/mol. The minimum atomic E-state index is 0.0973. The Balaban J connectivity index is 1.24. The second-order valence-electron chi connectivity index (χ2n) is 8.08. The fraction of sp³-hybridized carbons (Fsp3) is 0.500. The van der Waals surface area contributed by atoms with Gasteiger partial charge in [-0.2, -0.15) is 0 Å². The molecule has 4 rings (SSSR count). The lowest BCUT2D eigenvalue weighted by Crippen LogP contribution is -2.36. The van der Waals surface area contributed by atoms with Crippen molar-refractivity contribution >= 4 is 29.1 Å². The SMILES string of the molecule is O=C(CCC1CCCN(c2cc(NC3CC3)ncn2)C1)NCc1cccc(Cl)c1. The topological polar surface area (TPSA) is 70.2 Å². The Hall–Kier alpha value is -2.34. The van der Waals surface area contributed by atoms with E-state index in [-0.39, 0.29) is 5.91 Å². The summed E-state index contributed by atoms with van der Waals surface area (Å²) >= 11 is 5.99. The number of halogens is 1. The van der Waals surface area contributed by atoms with Gasteiger partial charge in [0.25, 0.3) is 0 Å². The molecule has 1 aliphatic heterocycles. The summed E-state index contributed by atoms with van der Waals surface area (Å²) in [5, 5.41) is 7.13. The summed E-state index contributed by atoms with van der Waals surface area (Å²) in [7, 11) is 0. The van der Waals surface area contributed by atoms with Gasteiger partial charge in [0.15, 0.2) is 0 Å². The fourth-order valence-electron chi connectivity index (χ4n) is 3.82. The zero-order chi connectivity index (χ0) is 20.1. The van der Waals surface area contributed by atoms with E-state index in [1.54, 1.807) is 6.33 Å². The van der Waals surface area contributed by atoms with Crippen molar-refractivity contribution < 1.29 is 4.79 Å². The molecule has 2 heterocycles. The van der Waals surface area contributed by atoms with Gasteiger partial charge >= 0.3 is 0 Å². The Labute approximate surface area is 177 Å². The summed E-state index contributed by atoms with van der Waals surface area (Å²) in [4.78, 5) is 23.4. The summed E-state index contributed by atoms with van der Waals surface area (Å²) < 4.78 is 0. The van der Waals surface area contributed by atoms with Crippen LogP contribution in [0.25, 0.3) is 0 Å². The zero-order valence-corrected chi connectivity index (χ0v) is 17.4. The molecule has 1 aliphatic carbocycles. The Morgan fingerprint density at radius 2 is 2.10 bits per heavy atom. The van der Waals surface area contributed by atoms with Gasteiger partial charge in [0.2, 0.25) is 5.91 Å². The summed E-state index contributed by atoms with van der Waals surface area (Å²) in [5.41, 5.74) is 1.02. The van der Waals surface area contributed by atoms with Gasteiger partial charge in [-0.05, 0) is 55.7 Å². The lowest BCUT2D eigenvalue weighted by atomic mass is 9.93. The first kappa shape index (κ1) is 20.0. The van der Waals surface area contributed by atoms with Crippen molar-refractivity contribution in [1.29, 1.82) is 0 Å². The molecule has 0 radical (unpaired) electrons. The molecule has 6 nitrogen and oxygen atoms in total. The third-order valence-corrected chi connectivity index (χ3v) is 5.82. The molecule has 0 spiro atoms. The zero-order valence-electron chi connectivity index (χ0n) is 16.6. The molecule has 2 fully saturated rings. The predicted molar refractivity (Wildman–Crippen MR) is 116 cm³/mol. The van der Waals surface area contributed by atoms with Gasteiger partial charge in [0.05, 0.1) is 0 Å². The summed E-state index contributed by atoms with van der Waals surface area (Å²) in [6.45, 7) is 2.48. The summed E-state index contributed by atoms with van der Waals surface area (Å²) in [5.74, 6) is 2.51. The number of carbonyl (C=O) groups excluding carboxylic acids is 1. The molecular weight excluding hydrogens is 386 g/mol. The molecule has 1 amide bonds. The number of carbonyl (C=O) groups is 1. The number of benzene rings is 1. The average Bonchev–Trinajstić information content (AvgIpc) is 3.55. The molecule has 1 aromatic carbocycles. The minimum absolute atomic E-state index is 0.0973. The van der Waals surface area contributed by atoms with Gasteiger partial charge in [-0.3, -0.25) is 4.79 Å². The smallest absolute Gasteiger partial charge is 0.220 e. The van der Waals surface area contributed by atoms with E-state index in [0.717, 1.165) is 49.6 Å². The highest BCUT2D eigenvalue weighted by Gasteiger charge is 2.24. The Morgan fingerprint density at radius 3 is 2.93 bits per heavy atom. The molecule has 154 valence electrons. The largest absolute Gasteiger partial charge is 0.367 e. The second kappa shape index (κ2) is 9.44. The highest BCUT2D eigenvalue weighted by atomic mass is 35.5. The number of aromatic nitrogens is 2. The van der Waals surface area contributed by atoms with E-state index in [9.17, 15) is 4.79 Å². The van der Waals surface area contributed by atoms with E-state index in [4.69, 9.17) is 11.6 Å². The number of nitrogens with zero attached hydrogens (tertiary/aromatic N) is 3. The van der Waals surface area contributed by atoms with Crippen LogP contribution in [0.3, 0.4) is 0 Å². The number of hydrogen-bond donors (Lipinski definition) is 2. The fourth-order valence-corrected chi connectivity index (χ4v) is 4.03. The Kier molecular flexibility index (Phi) is 6.49. The van der Waals surface area contributed by atoms with Crippen LogP contribution in [0.5, 0.6) is 0 Å². The number of amides is 1. The third-order valence-electron chi connectivity index (χ3n) is 5.58. The van der Waals surface area contributed by atoms with Gasteiger partial charge < -0.3 is 15.5 Å². The van der Waals surface area contributed by atoms with Crippen LogP contribution in [-0.4, -0.2) is 35.0 Å². The van der Waals surface area contributed by atoms with E-state index >= 15 is 0 Å². The van der Waals surface area contributed by atoms with Gasteiger partial charge in [-0.15, -0.1) is 0 Å². The van der Waals surface area contributed by atoms with Crippen LogP contribution in [0.2, 0.25) is 5.02 Å². The number of hydrogen-bond acceptors (Lipinski definition) is 5. The molecule has 7 heteroatoms. The molecule has 2 N–H and O–H groups in total. The van der Waals surface area contributed by atoms with Gasteiger partial charge in [-0.25, -0.2) is 9.97 Å². The lowest BCUT2D eigenvalue weighted by Gasteiger charge is -2.33. The maximum absolute atomic E-state index is 12.3. The van der Waals surface area contributed by atoms with Crippen molar-refractivity contribution in [3.05, 3.63) is 47.2 Å². The quantitative estimate of drug-likeness (QED) is 0.684. The summed E-state index contributed by atoms with van der Waals surface area (Å²) in [6.07, 6.45) is 7.84. The second-order valence-corrected chi connectivity index (χ2v) is 8.52. The first-order chi connectivity index (χ1) is 14.2. The Bertz CT molecular complexity index is 841. The lowest BCUT2D eigenvalue weighted by molar-refractivity contribution is -0.121. The molecule has 2 aromatic rings. The molecule has 1 saturated heterocycles. The first-order valence-corrected chi connectivity index (χ1v) is 10.9. The van der Waals surface area contributed by atoms with Crippen molar-refractivity contribution in [3.63, 3.8) is 0 Å². The number of anilines is 2. The van der Waals surface area contributed by atoms with E-state index in [0.29, 0.717) is 29.9 Å². The molecule has 0 bridgehead atoms. The minimum Gasteiger partial charge on any atom is -0.367 e. The van der Waals surface area contributed by atoms with E-state index in [2.05, 4.69) is 31.6 Å². The third kappa shape index (κ3) is 6.07. The standard InChI is InChI=1S/C22H28ClN5O/c23-18-5-1-3-17(11-18)13-24-22(29)9-6-16-4-2-10-28(14-16)21-12-20(25-15-26-21)27-19-7-8-19/h1,3,5,11-12,15-16,19H,2,4,6-10,13-14H2,(H,24,29)(H,25,26,27). The highest BCUT2D eigenvalue weighted by molar-refractivity contribution is 6.30. The van der Waals surface area contributed by atoms with Crippen LogP contribution >= 0.6 is 11.6 Å². The van der Waals surface area contributed by atoms with E-state index in [1.807, 2.05) is 24.3 Å². The van der Waals surface area contributed by atoms with Gasteiger partial charge in [0, 0.05) is 43.2 Å². The predicted octanol–water partition coefficient (Wildman–Crippen LogP) is 4.02. The van der Waals surface area contributed by atoms with Crippen molar-refractivity contribution in [1.82, 2.24) is 15.3 Å². The van der Waals surface area contributed by atoms with Crippen LogP contribution in [0, 0.1) is 5.92 Å². The van der Waals surface area contributed by atoms with Crippen LogP contribution in [0.15, 0.2) is 36.7 Å².